The van der Waals surface area contributed by atoms with Crippen LogP contribution < -0.4 is 29.7 Å². The van der Waals surface area contributed by atoms with Gasteiger partial charge in [0.15, 0.2) is 0 Å². The number of nitrogens with one attached hydrogen (secondary N) is 1. The molecule has 2 N–H and O–H groups in total. The molecule has 0 saturated carbocycles. The van der Waals surface area contributed by atoms with Crippen LogP contribution in [0.15, 0.2) is 36.4 Å². The fourth-order valence-electron chi connectivity index (χ4n) is 2.16. The van der Waals surface area contributed by atoms with Crippen molar-refractivity contribution in [3.05, 3.63) is 36.4 Å². The first-order chi connectivity index (χ1) is 11.0. The van der Waals surface area contributed by atoms with Crippen molar-refractivity contribution in [2.24, 2.45) is 0 Å². The predicted octanol–water partition coefficient (Wildman–Crippen LogP) is -0.406. The van der Waals surface area contributed by atoms with E-state index in [1.165, 1.54) is 0 Å². The number of rotatable bonds is 6. The maximum atomic E-state index is 12.1. The van der Waals surface area contributed by atoms with E-state index in [9.17, 15) is 9.90 Å². The summed E-state index contributed by atoms with van der Waals surface area (Å²) in [5.41, 5.74) is 0. The van der Waals surface area contributed by atoms with Crippen molar-refractivity contribution in [3.8, 4) is 11.5 Å². The van der Waals surface area contributed by atoms with E-state index in [2.05, 4.69) is 26.1 Å². The van der Waals surface area contributed by atoms with Gasteiger partial charge in [-0.15, -0.1) is 0 Å². The van der Waals surface area contributed by atoms with Gasteiger partial charge in [0.2, 0.25) is 0 Å². The summed E-state index contributed by atoms with van der Waals surface area (Å²) in [6.45, 7) is 2.38. The number of hydrogen-bond donors (Lipinski definition) is 2. The SMILES string of the molecule is CC(I)(C(=O)OCCOc1cccc2c(O)cccc12)C1N[I-]1. The fourth-order valence-corrected chi connectivity index (χ4v) is 5.50. The number of aromatic hydroxyl groups is 1. The van der Waals surface area contributed by atoms with Crippen molar-refractivity contribution in [2.75, 3.05) is 13.2 Å². The molecule has 23 heavy (non-hydrogen) atoms. The Hall–Kier alpha value is -0.810. The van der Waals surface area contributed by atoms with Gasteiger partial charge < -0.3 is 0 Å². The minimum atomic E-state index is -0.490. The van der Waals surface area contributed by atoms with Crippen molar-refractivity contribution in [1.82, 2.24) is 3.53 Å². The number of carbonyl (C=O) groups is 1. The van der Waals surface area contributed by atoms with E-state index in [0.29, 0.717) is 9.80 Å². The van der Waals surface area contributed by atoms with E-state index in [-0.39, 0.29) is 46.4 Å². The maximum absolute atomic E-state index is 12.1. The summed E-state index contributed by atoms with van der Waals surface area (Å²) in [6, 6.07) is 10.8. The average Bonchev–Trinajstić information content (AvgIpc) is 3.37. The molecule has 1 heterocycles. The van der Waals surface area contributed by atoms with Crippen molar-refractivity contribution < 1.29 is 40.9 Å². The van der Waals surface area contributed by atoms with E-state index >= 15 is 0 Å². The Kier molecular flexibility index (Phi) is 5.16. The van der Waals surface area contributed by atoms with Gasteiger partial charge in [0, 0.05) is 0 Å². The van der Waals surface area contributed by atoms with Gasteiger partial charge >= 0.3 is 159 Å². The van der Waals surface area contributed by atoms with Crippen molar-refractivity contribution in [3.63, 3.8) is 0 Å². The van der Waals surface area contributed by atoms with E-state index in [1.807, 2.05) is 31.2 Å². The van der Waals surface area contributed by atoms with Crippen LogP contribution in [-0.4, -0.2) is 31.8 Å². The van der Waals surface area contributed by atoms with Crippen molar-refractivity contribution in [2.45, 2.75) is 14.4 Å². The zero-order valence-electron chi connectivity index (χ0n) is 12.4. The summed E-state index contributed by atoms with van der Waals surface area (Å²) in [6.07, 6.45) is 0. The molecule has 2 unspecified atom stereocenters. The van der Waals surface area contributed by atoms with Gasteiger partial charge in [-0.1, -0.05) is 0 Å². The molecule has 2 atom stereocenters. The van der Waals surface area contributed by atoms with Gasteiger partial charge in [-0.05, 0) is 0 Å². The first-order valence-electron chi connectivity index (χ1n) is 7.07. The molecule has 124 valence electrons. The molecule has 1 aliphatic heterocycles. The van der Waals surface area contributed by atoms with Gasteiger partial charge in [-0.2, -0.15) is 0 Å². The number of carbonyl (C=O) groups excluding carboxylic acids is 1. The molecule has 1 aliphatic rings. The zero-order chi connectivity index (χ0) is 16.4. The molecular formula is C16H16I2NO4-. The van der Waals surface area contributed by atoms with Crippen LogP contribution in [0.25, 0.3) is 10.8 Å². The van der Waals surface area contributed by atoms with Gasteiger partial charge in [-0.25, -0.2) is 0 Å². The van der Waals surface area contributed by atoms with E-state index < -0.39 is 3.42 Å². The third-order valence-electron chi connectivity index (χ3n) is 3.53. The molecular weight excluding hydrogens is 524 g/mol. The average molecular weight is 540 g/mol. The second-order valence-electron chi connectivity index (χ2n) is 5.27. The molecule has 7 heteroatoms. The number of phenolic OH excluding ortho intramolecular Hbond substituents is 1. The number of halogens is 2. The number of esters is 1. The van der Waals surface area contributed by atoms with Crippen molar-refractivity contribution in [1.29, 1.82) is 0 Å². The molecule has 0 radical (unpaired) electrons. The Morgan fingerprint density at radius 1 is 1.30 bits per heavy atom. The Balaban J connectivity index is 1.57. The van der Waals surface area contributed by atoms with Gasteiger partial charge in [0.25, 0.3) is 0 Å². The third kappa shape index (κ3) is 3.82. The zero-order valence-corrected chi connectivity index (χ0v) is 16.7. The summed E-state index contributed by atoms with van der Waals surface area (Å²) in [4.78, 5) is 12.1. The Morgan fingerprint density at radius 3 is 2.74 bits per heavy atom. The molecule has 0 aromatic heterocycles. The van der Waals surface area contributed by atoms with Crippen LogP contribution in [0.5, 0.6) is 11.5 Å². The molecule has 0 aliphatic carbocycles. The van der Waals surface area contributed by atoms with Crippen LogP contribution in [0.3, 0.4) is 0 Å². The molecule has 2 aromatic carbocycles. The summed E-state index contributed by atoms with van der Waals surface area (Å²) >= 11 is 2.11. The number of benzene rings is 2. The molecule has 5 nitrogen and oxygen atoms in total. The second-order valence-corrected chi connectivity index (χ2v) is 10.0. The molecule has 0 amide bonds. The summed E-state index contributed by atoms with van der Waals surface area (Å²) in [5.74, 6) is 0.689. The monoisotopic (exact) mass is 540 g/mol. The Bertz CT molecular complexity index is 731. The number of hydrogen-bond acceptors (Lipinski definition) is 5. The third-order valence-corrected chi connectivity index (χ3v) is 8.27. The number of fused-ring (bicyclic) bond motifs is 1. The van der Waals surface area contributed by atoms with Gasteiger partial charge in [0.1, 0.15) is 0 Å². The molecule has 2 aromatic rings. The van der Waals surface area contributed by atoms with E-state index in [0.717, 1.165) is 10.8 Å². The summed E-state index contributed by atoms with van der Waals surface area (Å²) in [7, 11) is 0. The summed E-state index contributed by atoms with van der Waals surface area (Å²) < 4.78 is 14.1. The van der Waals surface area contributed by atoms with Crippen LogP contribution in [0.4, 0.5) is 0 Å². The van der Waals surface area contributed by atoms with Crippen LogP contribution in [0.2, 0.25) is 0 Å². The summed E-state index contributed by atoms with van der Waals surface area (Å²) in [5, 5.41) is 11.4. The van der Waals surface area contributed by atoms with Crippen LogP contribution in [0.1, 0.15) is 6.92 Å². The van der Waals surface area contributed by atoms with Crippen LogP contribution in [-0.2, 0) is 9.53 Å². The fraction of sp³-hybridized carbons (Fsp3) is 0.312. The van der Waals surface area contributed by atoms with Gasteiger partial charge in [0.05, 0.1) is 0 Å². The number of phenols is 1. The molecule has 1 fully saturated rings. The standard InChI is InChI=1S/C16H16I2NO4/c1-16(17,14-18-19-14)15(21)23-9-8-22-13-7-3-4-10-11(13)5-2-6-12(10)20/h2-7,14,19-20H,8-9H2,1H3/q-1. The number of ether oxygens (including phenoxy) is 2. The molecule has 3 rings (SSSR count). The first kappa shape index (κ1) is 17.0. The number of alkyl halides is 2. The second kappa shape index (κ2) is 6.98. The molecule has 1 saturated heterocycles. The minimum absolute atomic E-state index is 0.0425. The Labute approximate surface area is 158 Å². The molecule has 0 spiro atoms. The molecule has 0 bridgehead atoms. The van der Waals surface area contributed by atoms with Crippen molar-refractivity contribution >= 4 is 39.3 Å². The van der Waals surface area contributed by atoms with Gasteiger partial charge in [-0.3, -0.25) is 0 Å². The van der Waals surface area contributed by atoms with Crippen LogP contribution >= 0.6 is 22.6 Å². The van der Waals surface area contributed by atoms with E-state index in [4.69, 9.17) is 9.47 Å². The quantitative estimate of drug-likeness (QED) is 0.0993. The predicted molar refractivity (Wildman–Crippen MR) is 91.4 cm³/mol. The Morgan fingerprint density at radius 2 is 2.00 bits per heavy atom. The van der Waals surface area contributed by atoms with E-state index in [1.54, 1.807) is 12.1 Å². The first-order valence-corrected chi connectivity index (χ1v) is 10.5. The normalized spacial score (nSPS) is 19.5. The topological polar surface area (TPSA) is 77.7 Å². The van der Waals surface area contributed by atoms with Crippen LogP contribution in [0, 0.1) is 0 Å².